The standard InChI is InChI=1S/C13H14FNO2/c1-13(2,3)17-12(16)11-7-8-9(14)5-4-6-10(8)15-11/h4-7,15H,1-3H3. The van der Waals surface area contributed by atoms with Gasteiger partial charge < -0.3 is 9.72 Å². The van der Waals surface area contributed by atoms with Crippen molar-refractivity contribution in [2.45, 2.75) is 26.4 Å². The van der Waals surface area contributed by atoms with E-state index in [1.165, 1.54) is 12.1 Å². The molecule has 3 nitrogen and oxygen atoms in total. The maximum Gasteiger partial charge on any atom is 0.355 e. The molecule has 0 saturated carbocycles. The average molecular weight is 235 g/mol. The van der Waals surface area contributed by atoms with Gasteiger partial charge in [-0.25, -0.2) is 9.18 Å². The van der Waals surface area contributed by atoms with Crippen molar-refractivity contribution in [3.63, 3.8) is 0 Å². The van der Waals surface area contributed by atoms with E-state index in [4.69, 9.17) is 4.74 Å². The van der Waals surface area contributed by atoms with Crippen molar-refractivity contribution in [3.05, 3.63) is 35.8 Å². The molecule has 0 aliphatic heterocycles. The van der Waals surface area contributed by atoms with E-state index in [2.05, 4.69) is 4.98 Å². The molecule has 0 spiro atoms. The monoisotopic (exact) mass is 235 g/mol. The average Bonchev–Trinajstić information content (AvgIpc) is 2.60. The number of fused-ring (bicyclic) bond motifs is 1. The van der Waals surface area contributed by atoms with E-state index in [-0.39, 0.29) is 11.5 Å². The Hall–Kier alpha value is -1.84. The maximum atomic E-state index is 13.4. The Labute approximate surface area is 98.6 Å². The summed E-state index contributed by atoms with van der Waals surface area (Å²) in [6, 6.07) is 6.13. The van der Waals surface area contributed by atoms with Crippen LogP contribution in [0.1, 0.15) is 31.3 Å². The molecule has 0 unspecified atom stereocenters. The van der Waals surface area contributed by atoms with E-state index in [1.54, 1.807) is 32.9 Å². The summed E-state index contributed by atoms with van der Waals surface area (Å²) < 4.78 is 18.6. The fourth-order valence-electron chi connectivity index (χ4n) is 1.56. The second kappa shape index (κ2) is 3.87. The normalized spacial score (nSPS) is 11.8. The van der Waals surface area contributed by atoms with Crippen molar-refractivity contribution in [2.24, 2.45) is 0 Å². The molecule has 0 aliphatic carbocycles. The van der Waals surface area contributed by atoms with Gasteiger partial charge in [0.05, 0.1) is 0 Å². The lowest BCUT2D eigenvalue weighted by atomic mass is 10.2. The zero-order valence-electron chi connectivity index (χ0n) is 10.0. The summed E-state index contributed by atoms with van der Waals surface area (Å²) in [7, 11) is 0. The Bertz CT molecular complexity index is 566. The van der Waals surface area contributed by atoms with E-state index in [1.807, 2.05) is 0 Å². The minimum atomic E-state index is -0.563. The van der Waals surface area contributed by atoms with Crippen molar-refractivity contribution in [1.82, 2.24) is 4.98 Å². The molecule has 2 aromatic rings. The highest BCUT2D eigenvalue weighted by Gasteiger charge is 2.19. The first-order valence-corrected chi connectivity index (χ1v) is 5.37. The number of aromatic amines is 1. The van der Waals surface area contributed by atoms with Gasteiger partial charge in [-0.2, -0.15) is 0 Å². The van der Waals surface area contributed by atoms with Crippen LogP contribution in [-0.2, 0) is 4.74 Å². The number of H-pyrrole nitrogens is 1. The molecule has 4 heteroatoms. The van der Waals surface area contributed by atoms with Gasteiger partial charge in [0, 0.05) is 10.9 Å². The summed E-state index contributed by atoms with van der Waals surface area (Å²) >= 11 is 0. The summed E-state index contributed by atoms with van der Waals surface area (Å²) in [6.07, 6.45) is 0. The number of rotatable bonds is 1. The molecule has 0 amide bonds. The van der Waals surface area contributed by atoms with Gasteiger partial charge in [0.1, 0.15) is 17.1 Å². The highest BCUT2D eigenvalue weighted by Crippen LogP contribution is 2.20. The van der Waals surface area contributed by atoms with E-state index < -0.39 is 11.6 Å². The Morgan fingerprint density at radius 2 is 2.06 bits per heavy atom. The number of benzene rings is 1. The fourth-order valence-corrected chi connectivity index (χ4v) is 1.56. The van der Waals surface area contributed by atoms with Crippen molar-refractivity contribution in [2.75, 3.05) is 0 Å². The van der Waals surface area contributed by atoms with Crippen LogP contribution in [0.25, 0.3) is 10.9 Å². The SMILES string of the molecule is CC(C)(C)OC(=O)c1cc2c(F)cccc2[nH]1. The van der Waals surface area contributed by atoms with Crippen LogP contribution in [0.4, 0.5) is 4.39 Å². The number of nitrogens with one attached hydrogen (secondary N) is 1. The fraction of sp³-hybridized carbons (Fsp3) is 0.308. The molecule has 0 aliphatic rings. The van der Waals surface area contributed by atoms with E-state index in [9.17, 15) is 9.18 Å². The Balaban J connectivity index is 2.37. The Morgan fingerprint density at radius 3 is 2.65 bits per heavy atom. The van der Waals surface area contributed by atoms with Crippen LogP contribution < -0.4 is 0 Å². The third-order valence-corrected chi connectivity index (χ3v) is 2.23. The van der Waals surface area contributed by atoms with Gasteiger partial charge in [-0.3, -0.25) is 0 Å². The molecule has 0 saturated heterocycles. The number of ether oxygens (including phenoxy) is 1. The molecule has 1 aromatic heterocycles. The number of hydrogen-bond donors (Lipinski definition) is 1. The smallest absolute Gasteiger partial charge is 0.355 e. The molecular formula is C13H14FNO2. The topological polar surface area (TPSA) is 42.1 Å². The van der Waals surface area contributed by atoms with Gasteiger partial charge in [0.2, 0.25) is 0 Å². The first kappa shape index (κ1) is 11.6. The zero-order valence-corrected chi connectivity index (χ0v) is 10.0. The number of aromatic nitrogens is 1. The molecule has 2 rings (SSSR count). The third-order valence-electron chi connectivity index (χ3n) is 2.23. The van der Waals surface area contributed by atoms with Crippen LogP contribution in [-0.4, -0.2) is 16.6 Å². The highest BCUT2D eigenvalue weighted by atomic mass is 19.1. The number of halogens is 1. The van der Waals surface area contributed by atoms with Crippen LogP contribution in [0.15, 0.2) is 24.3 Å². The minimum absolute atomic E-state index is 0.264. The van der Waals surface area contributed by atoms with Gasteiger partial charge in [0.25, 0.3) is 0 Å². The molecule has 0 radical (unpaired) electrons. The summed E-state index contributed by atoms with van der Waals surface area (Å²) in [4.78, 5) is 14.6. The predicted molar refractivity (Wildman–Crippen MR) is 63.4 cm³/mol. The quantitative estimate of drug-likeness (QED) is 0.771. The van der Waals surface area contributed by atoms with Crippen LogP contribution in [0.2, 0.25) is 0 Å². The minimum Gasteiger partial charge on any atom is -0.455 e. The highest BCUT2D eigenvalue weighted by molar-refractivity contribution is 5.95. The summed E-state index contributed by atoms with van der Waals surface area (Å²) in [5.41, 5.74) is 0.290. The van der Waals surface area contributed by atoms with Crippen molar-refractivity contribution >= 4 is 16.9 Å². The molecule has 1 N–H and O–H groups in total. The largest absolute Gasteiger partial charge is 0.455 e. The molecular weight excluding hydrogens is 221 g/mol. The number of esters is 1. The third kappa shape index (κ3) is 2.46. The maximum absolute atomic E-state index is 13.4. The lowest BCUT2D eigenvalue weighted by molar-refractivity contribution is 0.00639. The van der Waals surface area contributed by atoms with Gasteiger partial charge in [0.15, 0.2) is 0 Å². The molecule has 0 fully saturated rings. The van der Waals surface area contributed by atoms with Gasteiger partial charge in [-0.15, -0.1) is 0 Å². The van der Waals surface area contributed by atoms with Crippen molar-refractivity contribution in [3.8, 4) is 0 Å². The van der Waals surface area contributed by atoms with Gasteiger partial charge in [-0.1, -0.05) is 6.07 Å². The zero-order chi connectivity index (χ0) is 12.6. The molecule has 90 valence electrons. The van der Waals surface area contributed by atoms with Crippen molar-refractivity contribution < 1.29 is 13.9 Å². The summed E-state index contributed by atoms with van der Waals surface area (Å²) in [6.45, 7) is 5.36. The molecule has 1 aromatic carbocycles. The Morgan fingerprint density at radius 1 is 1.35 bits per heavy atom. The molecule has 0 atom stereocenters. The predicted octanol–water partition coefficient (Wildman–Crippen LogP) is 3.26. The van der Waals surface area contributed by atoms with E-state index >= 15 is 0 Å². The van der Waals surface area contributed by atoms with E-state index in [0.717, 1.165) is 0 Å². The van der Waals surface area contributed by atoms with Gasteiger partial charge >= 0.3 is 5.97 Å². The second-order valence-electron chi connectivity index (χ2n) is 4.89. The molecule has 17 heavy (non-hydrogen) atoms. The van der Waals surface area contributed by atoms with Crippen LogP contribution >= 0.6 is 0 Å². The lowest BCUT2D eigenvalue weighted by Gasteiger charge is -2.18. The second-order valence-corrected chi connectivity index (χ2v) is 4.89. The first-order valence-electron chi connectivity index (χ1n) is 5.37. The number of carbonyl (C=O) groups is 1. The number of hydrogen-bond acceptors (Lipinski definition) is 2. The Kier molecular flexibility index (Phi) is 2.65. The first-order chi connectivity index (χ1) is 7.87. The summed E-state index contributed by atoms with van der Waals surface area (Å²) in [5.74, 6) is -0.832. The van der Waals surface area contributed by atoms with Gasteiger partial charge in [-0.05, 0) is 39.0 Å². The molecule has 1 heterocycles. The number of carbonyl (C=O) groups excluding carboxylic acids is 1. The lowest BCUT2D eigenvalue weighted by Crippen LogP contribution is -2.24. The van der Waals surface area contributed by atoms with Crippen LogP contribution in [0.3, 0.4) is 0 Å². The van der Waals surface area contributed by atoms with E-state index in [0.29, 0.717) is 10.9 Å². The van der Waals surface area contributed by atoms with Crippen LogP contribution in [0, 0.1) is 5.82 Å². The van der Waals surface area contributed by atoms with Crippen molar-refractivity contribution in [1.29, 1.82) is 0 Å². The molecule has 0 bridgehead atoms. The van der Waals surface area contributed by atoms with Crippen LogP contribution in [0.5, 0.6) is 0 Å². The summed E-state index contributed by atoms with van der Waals surface area (Å²) in [5, 5.41) is 0.397.